The van der Waals surface area contributed by atoms with Crippen LogP contribution in [0.15, 0.2) is 48.7 Å². The van der Waals surface area contributed by atoms with E-state index in [0.29, 0.717) is 0 Å². The van der Waals surface area contributed by atoms with Crippen molar-refractivity contribution >= 4 is 0 Å². The summed E-state index contributed by atoms with van der Waals surface area (Å²) in [4.78, 5) is 0. The number of halogens is 1. The van der Waals surface area contributed by atoms with Gasteiger partial charge in [-0.3, -0.25) is 0 Å². The first-order valence-electron chi connectivity index (χ1n) is 8.76. The Bertz CT molecular complexity index is 551. The average Bonchev–Trinajstić information content (AvgIpc) is 2.52. The lowest BCUT2D eigenvalue weighted by Gasteiger charge is -2.03. The second-order valence-electron chi connectivity index (χ2n) is 6.40. The molecule has 2 rings (SSSR count). The smallest absolute Gasteiger partial charge is 0.178 e. The van der Waals surface area contributed by atoms with Gasteiger partial charge < -0.3 is 17.0 Å². The van der Waals surface area contributed by atoms with E-state index in [1.807, 2.05) is 0 Å². The molecule has 0 aliphatic rings. The zero-order valence-electron chi connectivity index (χ0n) is 14.6. The van der Waals surface area contributed by atoms with Crippen molar-refractivity contribution in [1.82, 2.24) is 0 Å². The van der Waals surface area contributed by atoms with E-state index in [1.165, 1.54) is 61.8 Å². The number of hydrogen-bond donors (Lipinski definition) is 0. The van der Waals surface area contributed by atoms with E-state index in [4.69, 9.17) is 0 Å². The van der Waals surface area contributed by atoms with Gasteiger partial charge in [-0.1, -0.05) is 49.6 Å². The van der Waals surface area contributed by atoms with Crippen LogP contribution < -0.4 is 21.5 Å². The van der Waals surface area contributed by atoms with Crippen molar-refractivity contribution in [3.8, 4) is 0 Å². The van der Waals surface area contributed by atoms with E-state index in [1.54, 1.807) is 0 Å². The molecule has 0 atom stereocenters. The lowest BCUT2D eigenvalue weighted by molar-refractivity contribution is -0.703. The molecule has 2 heteroatoms. The summed E-state index contributed by atoms with van der Waals surface area (Å²) in [5.41, 5.74) is 4.21. The predicted molar refractivity (Wildman–Crippen MR) is 94.0 cm³/mol. The van der Waals surface area contributed by atoms with Crippen LogP contribution in [0.25, 0.3) is 0 Å². The summed E-state index contributed by atoms with van der Waals surface area (Å²) in [7, 11) is 0. The van der Waals surface area contributed by atoms with Crippen molar-refractivity contribution in [2.24, 2.45) is 0 Å². The van der Waals surface area contributed by atoms with Gasteiger partial charge in [-0.15, -0.1) is 0 Å². The first-order valence-corrected chi connectivity index (χ1v) is 8.76. The third kappa shape index (κ3) is 7.78. The Morgan fingerprint density at radius 3 is 2.13 bits per heavy atom. The molecule has 0 saturated heterocycles. The average molecular weight is 376 g/mol. The molecule has 126 valence electrons. The van der Waals surface area contributed by atoms with Crippen molar-refractivity contribution in [3.63, 3.8) is 0 Å². The molecule has 0 radical (unpaired) electrons. The van der Waals surface area contributed by atoms with Gasteiger partial charge in [0.2, 0.25) is 0 Å². The van der Waals surface area contributed by atoms with E-state index in [2.05, 4.69) is 67.1 Å². The zero-order chi connectivity index (χ0) is 15.6. The standard InChI is InChI=1S/C21H30N.BrH/c1-19-15-17-22(20(2)18-19)16-11-6-4-3-5-8-12-21-13-9-7-10-14-21;/h7,9-10,13-15,17-18H,3-6,8,11-12,16H2,1-2H3;1H/q+1;/p-1. The Hall–Kier alpha value is -1.15. The van der Waals surface area contributed by atoms with Gasteiger partial charge in [0.05, 0.1) is 0 Å². The van der Waals surface area contributed by atoms with Crippen molar-refractivity contribution < 1.29 is 21.5 Å². The van der Waals surface area contributed by atoms with Crippen LogP contribution in [0.4, 0.5) is 0 Å². The van der Waals surface area contributed by atoms with E-state index in [-0.39, 0.29) is 17.0 Å². The normalized spacial score (nSPS) is 10.3. The van der Waals surface area contributed by atoms with Crippen LogP contribution in [0.3, 0.4) is 0 Å². The van der Waals surface area contributed by atoms with Gasteiger partial charge in [0.15, 0.2) is 11.9 Å². The lowest BCUT2D eigenvalue weighted by atomic mass is 10.0. The van der Waals surface area contributed by atoms with E-state index >= 15 is 0 Å². The van der Waals surface area contributed by atoms with E-state index in [0.717, 1.165) is 6.54 Å². The highest BCUT2D eigenvalue weighted by atomic mass is 79.9. The number of hydrogen-bond acceptors (Lipinski definition) is 0. The third-order valence-corrected chi connectivity index (χ3v) is 4.36. The molecule has 0 aliphatic carbocycles. The Morgan fingerprint density at radius 2 is 1.43 bits per heavy atom. The fraction of sp³-hybridized carbons (Fsp3) is 0.476. The number of aromatic nitrogens is 1. The summed E-state index contributed by atoms with van der Waals surface area (Å²) in [6.45, 7) is 5.53. The van der Waals surface area contributed by atoms with Crippen molar-refractivity contribution in [3.05, 3.63) is 65.5 Å². The number of benzene rings is 1. The fourth-order valence-electron chi connectivity index (χ4n) is 3.00. The number of aryl methyl sites for hydroxylation is 4. The third-order valence-electron chi connectivity index (χ3n) is 4.36. The molecule has 0 aliphatic heterocycles. The number of unbranched alkanes of at least 4 members (excludes halogenated alkanes) is 5. The molecule has 0 spiro atoms. The van der Waals surface area contributed by atoms with Crippen LogP contribution in [0, 0.1) is 13.8 Å². The number of nitrogens with zero attached hydrogens (tertiary/aromatic N) is 1. The molecular weight excluding hydrogens is 346 g/mol. The minimum Gasteiger partial charge on any atom is -1.00 e. The van der Waals surface area contributed by atoms with Gasteiger partial charge in [-0.05, 0) is 37.3 Å². The fourth-order valence-corrected chi connectivity index (χ4v) is 3.00. The molecule has 1 aromatic carbocycles. The van der Waals surface area contributed by atoms with Crippen molar-refractivity contribution in [1.29, 1.82) is 0 Å². The van der Waals surface area contributed by atoms with Crippen LogP contribution in [-0.4, -0.2) is 0 Å². The highest BCUT2D eigenvalue weighted by Crippen LogP contribution is 2.10. The summed E-state index contributed by atoms with van der Waals surface area (Å²) < 4.78 is 2.38. The van der Waals surface area contributed by atoms with E-state index in [9.17, 15) is 0 Å². The van der Waals surface area contributed by atoms with Gasteiger partial charge in [0.1, 0.15) is 6.54 Å². The molecule has 0 amide bonds. The Labute approximate surface area is 152 Å². The molecule has 1 heterocycles. The SMILES string of the molecule is Cc1cc[n+](CCCCCCCCc2ccccc2)c(C)c1.[Br-]. The Morgan fingerprint density at radius 1 is 0.783 bits per heavy atom. The topological polar surface area (TPSA) is 3.88 Å². The number of rotatable bonds is 9. The van der Waals surface area contributed by atoms with Crippen LogP contribution >= 0.6 is 0 Å². The second kappa shape index (κ2) is 11.4. The highest BCUT2D eigenvalue weighted by Gasteiger charge is 2.05. The maximum atomic E-state index is 2.38. The highest BCUT2D eigenvalue weighted by molar-refractivity contribution is 5.14. The molecule has 1 aromatic heterocycles. The van der Waals surface area contributed by atoms with Crippen LogP contribution in [0.1, 0.15) is 55.3 Å². The molecular formula is C21H30BrN. The van der Waals surface area contributed by atoms with Gasteiger partial charge in [-0.25, -0.2) is 4.57 Å². The lowest BCUT2D eigenvalue weighted by Crippen LogP contribution is -3.00. The molecule has 23 heavy (non-hydrogen) atoms. The van der Waals surface area contributed by atoms with Crippen molar-refractivity contribution in [2.45, 2.75) is 65.3 Å². The summed E-state index contributed by atoms with van der Waals surface area (Å²) in [5, 5.41) is 0. The molecule has 0 fully saturated rings. The van der Waals surface area contributed by atoms with Crippen LogP contribution in [0.2, 0.25) is 0 Å². The van der Waals surface area contributed by atoms with E-state index < -0.39 is 0 Å². The first kappa shape index (κ1) is 19.9. The molecule has 0 saturated carbocycles. The van der Waals surface area contributed by atoms with Crippen molar-refractivity contribution in [2.75, 3.05) is 0 Å². The summed E-state index contributed by atoms with van der Waals surface area (Å²) in [6, 6.07) is 15.3. The Kier molecular flexibility index (Phi) is 9.86. The molecule has 0 unspecified atom stereocenters. The van der Waals surface area contributed by atoms with Crippen LogP contribution in [0.5, 0.6) is 0 Å². The number of pyridine rings is 1. The maximum Gasteiger partial charge on any atom is 0.178 e. The van der Waals surface area contributed by atoms with Gasteiger partial charge in [0, 0.05) is 25.5 Å². The maximum absolute atomic E-state index is 2.38. The summed E-state index contributed by atoms with van der Waals surface area (Å²) in [6.07, 6.45) is 11.6. The summed E-state index contributed by atoms with van der Waals surface area (Å²) in [5.74, 6) is 0. The minimum absolute atomic E-state index is 0. The quantitative estimate of drug-likeness (QED) is 0.467. The van der Waals surface area contributed by atoms with Crippen LogP contribution in [-0.2, 0) is 13.0 Å². The Balaban J connectivity index is 0.00000264. The predicted octanol–water partition coefficient (Wildman–Crippen LogP) is 2.18. The summed E-state index contributed by atoms with van der Waals surface area (Å²) >= 11 is 0. The monoisotopic (exact) mass is 375 g/mol. The molecule has 2 aromatic rings. The molecule has 0 bridgehead atoms. The largest absolute Gasteiger partial charge is 1.00 e. The van der Waals surface area contributed by atoms with Gasteiger partial charge in [-0.2, -0.15) is 0 Å². The molecule has 1 nitrogen and oxygen atoms in total. The molecule has 0 N–H and O–H groups in total. The zero-order valence-corrected chi connectivity index (χ0v) is 16.2. The van der Waals surface area contributed by atoms with Gasteiger partial charge >= 0.3 is 0 Å². The second-order valence-corrected chi connectivity index (χ2v) is 6.40. The van der Waals surface area contributed by atoms with Gasteiger partial charge in [0.25, 0.3) is 0 Å². The minimum atomic E-state index is 0. The first-order chi connectivity index (χ1) is 10.8.